The van der Waals surface area contributed by atoms with Crippen LogP contribution in [0.15, 0.2) is 47.4 Å². The zero-order valence-corrected chi connectivity index (χ0v) is 16.4. The summed E-state index contributed by atoms with van der Waals surface area (Å²) in [4.78, 5) is 33.3. The predicted molar refractivity (Wildman–Crippen MR) is 104 cm³/mol. The molecule has 13 heteroatoms. The van der Waals surface area contributed by atoms with Crippen molar-refractivity contribution in [2.45, 2.75) is 4.90 Å². The highest BCUT2D eigenvalue weighted by atomic mass is 32.2. The quantitative estimate of drug-likeness (QED) is 0.299. The van der Waals surface area contributed by atoms with Gasteiger partial charge in [-0.1, -0.05) is 0 Å². The summed E-state index contributed by atoms with van der Waals surface area (Å²) in [5.74, 6) is -2.25. The molecule has 0 unspecified atom stereocenters. The molecule has 0 atom stereocenters. The van der Waals surface area contributed by atoms with E-state index in [-0.39, 0.29) is 11.4 Å². The van der Waals surface area contributed by atoms with Crippen LogP contribution in [0, 0.1) is 15.9 Å². The Labute approximate surface area is 170 Å². The van der Waals surface area contributed by atoms with Gasteiger partial charge in [0.2, 0.25) is 10.0 Å². The van der Waals surface area contributed by atoms with Crippen LogP contribution in [0.25, 0.3) is 0 Å². The minimum Gasteiger partial charge on any atom is -0.455 e. The number of halogens is 1. The molecule has 0 aromatic heterocycles. The summed E-state index contributed by atoms with van der Waals surface area (Å²) < 4.78 is 43.9. The number of nitrogens with one attached hydrogen (secondary N) is 3. The van der Waals surface area contributed by atoms with E-state index in [2.05, 4.69) is 15.4 Å². The molecule has 30 heavy (non-hydrogen) atoms. The molecule has 3 N–H and O–H groups in total. The van der Waals surface area contributed by atoms with E-state index < -0.39 is 56.4 Å². The molecule has 11 nitrogen and oxygen atoms in total. The van der Waals surface area contributed by atoms with Crippen LogP contribution in [-0.4, -0.2) is 45.4 Å². The van der Waals surface area contributed by atoms with Gasteiger partial charge in [-0.2, -0.15) is 4.72 Å². The number of benzene rings is 2. The summed E-state index contributed by atoms with van der Waals surface area (Å²) in [5, 5.41) is 16.0. The fraction of sp³-hybridized carbons (Fsp3) is 0.176. The number of hydrogen-bond donors (Lipinski definition) is 3. The molecule has 0 heterocycles. The van der Waals surface area contributed by atoms with E-state index >= 15 is 0 Å². The Hall–Kier alpha value is -3.58. The van der Waals surface area contributed by atoms with Gasteiger partial charge in [-0.3, -0.25) is 19.7 Å². The van der Waals surface area contributed by atoms with Crippen molar-refractivity contribution in [2.75, 3.05) is 30.8 Å². The lowest BCUT2D eigenvalue weighted by Crippen LogP contribution is -2.32. The summed E-state index contributed by atoms with van der Waals surface area (Å²) in [6, 6.07) is 8.06. The summed E-state index contributed by atoms with van der Waals surface area (Å²) >= 11 is 0. The van der Waals surface area contributed by atoms with Crippen LogP contribution in [0.5, 0.6) is 0 Å². The molecule has 0 fully saturated rings. The first kappa shape index (κ1) is 22.7. The van der Waals surface area contributed by atoms with Crippen LogP contribution in [-0.2, 0) is 24.3 Å². The molecule has 2 aromatic carbocycles. The van der Waals surface area contributed by atoms with E-state index in [9.17, 15) is 32.5 Å². The van der Waals surface area contributed by atoms with Crippen LogP contribution in [0.1, 0.15) is 0 Å². The molecule has 1 amide bonds. The molecule has 0 radical (unpaired) electrons. The average Bonchev–Trinajstić information content (AvgIpc) is 2.72. The molecule has 0 saturated carbocycles. The fourth-order valence-corrected chi connectivity index (χ4v) is 3.19. The Morgan fingerprint density at radius 3 is 2.43 bits per heavy atom. The Balaban J connectivity index is 1.90. The van der Waals surface area contributed by atoms with E-state index in [1.807, 2.05) is 4.72 Å². The Kier molecular flexibility index (Phi) is 7.38. The number of sulfonamides is 1. The molecule has 2 rings (SSSR count). The lowest BCUT2D eigenvalue weighted by molar-refractivity contribution is -0.384. The third-order valence-corrected chi connectivity index (χ3v) is 5.04. The molecule has 160 valence electrons. The number of nitrogens with zero attached hydrogens (tertiary/aromatic N) is 1. The van der Waals surface area contributed by atoms with E-state index in [4.69, 9.17) is 0 Å². The topological polar surface area (TPSA) is 157 Å². The van der Waals surface area contributed by atoms with Gasteiger partial charge in [0.15, 0.2) is 6.61 Å². The number of amides is 1. The molecular weight excluding hydrogens is 423 g/mol. The number of carbonyl (C=O) groups excluding carboxylic acids is 2. The third kappa shape index (κ3) is 6.22. The number of ether oxygens (including phenoxy) is 1. The smallest absolute Gasteiger partial charge is 0.321 e. The number of esters is 1. The Morgan fingerprint density at radius 1 is 1.17 bits per heavy atom. The molecule has 2 aromatic rings. The van der Waals surface area contributed by atoms with Crippen LogP contribution in [0.4, 0.5) is 21.5 Å². The Bertz CT molecular complexity index is 1060. The number of carbonyl (C=O) groups is 2. The van der Waals surface area contributed by atoms with E-state index in [1.165, 1.54) is 25.2 Å². The van der Waals surface area contributed by atoms with Crippen LogP contribution < -0.4 is 15.4 Å². The van der Waals surface area contributed by atoms with Crippen molar-refractivity contribution < 1.29 is 32.1 Å². The van der Waals surface area contributed by atoms with Crippen LogP contribution in [0.3, 0.4) is 0 Å². The fourth-order valence-electron chi connectivity index (χ4n) is 2.21. The molecule has 0 aliphatic heterocycles. The van der Waals surface area contributed by atoms with Gasteiger partial charge in [-0.15, -0.1) is 0 Å². The maximum absolute atomic E-state index is 12.8. The van der Waals surface area contributed by atoms with Crippen LogP contribution >= 0.6 is 0 Å². The van der Waals surface area contributed by atoms with E-state index in [0.29, 0.717) is 0 Å². The Morgan fingerprint density at radius 2 is 1.83 bits per heavy atom. The van der Waals surface area contributed by atoms with Gasteiger partial charge in [0.1, 0.15) is 18.0 Å². The van der Waals surface area contributed by atoms with Gasteiger partial charge in [0, 0.05) is 18.8 Å². The van der Waals surface area contributed by atoms with Crippen molar-refractivity contribution in [2.24, 2.45) is 0 Å². The zero-order valence-electron chi connectivity index (χ0n) is 15.5. The second kappa shape index (κ2) is 9.76. The van der Waals surface area contributed by atoms with Gasteiger partial charge < -0.3 is 15.4 Å². The summed E-state index contributed by atoms with van der Waals surface area (Å²) in [6.07, 6.45) is 0. The second-order valence-electron chi connectivity index (χ2n) is 5.73. The van der Waals surface area contributed by atoms with Gasteiger partial charge in [0.25, 0.3) is 11.6 Å². The molecular formula is C17H17FN4O7S. The second-order valence-corrected chi connectivity index (χ2v) is 7.49. The van der Waals surface area contributed by atoms with Crippen molar-refractivity contribution in [1.29, 1.82) is 0 Å². The predicted octanol–water partition coefficient (Wildman–Crippen LogP) is 1.24. The lowest BCUT2D eigenvalue weighted by Gasteiger charge is -2.09. The molecule has 0 saturated heterocycles. The number of rotatable bonds is 9. The highest BCUT2D eigenvalue weighted by molar-refractivity contribution is 7.89. The summed E-state index contributed by atoms with van der Waals surface area (Å²) in [7, 11) is -2.81. The first-order chi connectivity index (χ1) is 14.1. The molecule has 0 aliphatic carbocycles. The maximum atomic E-state index is 12.8. The highest BCUT2D eigenvalue weighted by Crippen LogP contribution is 2.26. The van der Waals surface area contributed by atoms with Gasteiger partial charge in [0.05, 0.1) is 9.82 Å². The largest absolute Gasteiger partial charge is 0.455 e. The summed E-state index contributed by atoms with van der Waals surface area (Å²) in [5.41, 5.74) is -0.0595. The standard InChI is InChI=1S/C17H17FN4O7S/c1-19-14-7-6-13(8-15(14)22(25)26)30(27,28)20-9-17(24)29-10-16(23)21-12-4-2-11(18)3-5-12/h2-8,19-20H,9-10H2,1H3,(H,21,23). The lowest BCUT2D eigenvalue weighted by atomic mass is 10.3. The van der Waals surface area contributed by atoms with Crippen molar-refractivity contribution in [3.05, 3.63) is 58.4 Å². The van der Waals surface area contributed by atoms with Crippen molar-refractivity contribution in [3.63, 3.8) is 0 Å². The minimum absolute atomic E-state index is 0.116. The average molecular weight is 440 g/mol. The number of nitro groups is 1. The first-order valence-corrected chi connectivity index (χ1v) is 9.77. The number of nitro benzene ring substituents is 1. The first-order valence-electron chi connectivity index (χ1n) is 8.29. The van der Waals surface area contributed by atoms with Gasteiger partial charge in [-0.25, -0.2) is 12.8 Å². The monoisotopic (exact) mass is 440 g/mol. The van der Waals surface area contributed by atoms with Crippen molar-refractivity contribution in [3.8, 4) is 0 Å². The van der Waals surface area contributed by atoms with Gasteiger partial charge in [-0.05, 0) is 36.4 Å². The third-order valence-electron chi connectivity index (χ3n) is 3.64. The van der Waals surface area contributed by atoms with E-state index in [0.717, 1.165) is 24.3 Å². The van der Waals surface area contributed by atoms with Crippen LogP contribution in [0.2, 0.25) is 0 Å². The minimum atomic E-state index is -4.25. The number of hydrogen-bond acceptors (Lipinski definition) is 8. The molecule has 0 bridgehead atoms. The maximum Gasteiger partial charge on any atom is 0.321 e. The van der Waals surface area contributed by atoms with Crippen molar-refractivity contribution in [1.82, 2.24) is 4.72 Å². The zero-order chi connectivity index (χ0) is 22.3. The van der Waals surface area contributed by atoms with Gasteiger partial charge >= 0.3 is 5.97 Å². The SMILES string of the molecule is CNc1ccc(S(=O)(=O)NCC(=O)OCC(=O)Nc2ccc(F)cc2)cc1[N+](=O)[O-]. The molecule has 0 spiro atoms. The summed E-state index contributed by atoms with van der Waals surface area (Å²) in [6.45, 7) is -1.49. The molecule has 0 aliphatic rings. The van der Waals surface area contributed by atoms with Crippen molar-refractivity contribution >= 4 is 39.0 Å². The van der Waals surface area contributed by atoms with E-state index in [1.54, 1.807) is 0 Å². The normalized spacial score (nSPS) is 10.9. The number of anilines is 2. The highest BCUT2D eigenvalue weighted by Gasteiger charge is 2.22.